The quantitative estimate of drug-likeness (QED) is 0.168. The first kappa shape index (κ1) is 34.5. The molecule has 0 saturated carbocycles. The summed E-state index contributed by atoms with van der Waals surface area (Å²) in [5.74, 6) is -3.05. The maximum absolute atomic E-state index is 12.9. The van der Waals surface area contributed by atoms with Crippen molar-refractivity contribution in [3.63, 3.8) is 0 Å². The second kappa shape index (κ2) is 18.0. The van der Waals surface area contributed by atoms with E-state index in [1.54, 1.807) is 19.3 Å². The number of nitrogens with zero attached hydrogens (tertiary/aromatic N) is 3. The van der Waals surface area contributed by atoms with E-state index in [1.165, 1.54) is 6.92 Å². The molecule has 3 amide bonds. The van der Waals surface area contributed by atoms with Crippen molar-refractivity contribution in [3.8, 4) is 0 Å². The summed E-state index contributed by atoms with van der Waals surface area (Å²) >= 11 is 0. The first-order chi connectivity index (χ1) is 21.6. The van der Waals surface area contributed by atoms with E-state index in [0.717, 1.165) is 17.0 Å². The molecular weight excluding hydrogens is 576 g/mol. The molecule has 238 valence electrons. The fourth-order valence-electron chi connectivity index (χ4n) is 4.41. The summed E-state index contributed by atoms with van der Waals surface area (Å²) in [6.45, 7) is 4.40. The number of carboxylic acids is 1. The molecule has 2 atom stereocenters. The normalized spacial score (nSPS) is 12.2. The molecule has 0 radical (unpaired) electrons. The molecule has 3 aromatic rings. The van der Waals surface area contributed by atoms with Gasteiger partial charge in [-0.05, 0) is 55.3 Å². The number of ketones is 1. The number of aliphatic carboxylic acids is 1. The summed E-state index contributed by atoms with van der Waals surface area (Å²) < 4.78 is 0. The van der Waals surface area contributed by atoms with Gasteiger partial charge in [-0.3, -0.25) is 38.8 Å². The Balaban J connectivity index is 1.38. The number of rotatable bonds is 18. The molecule has 0 bridgehead atoms. The van der Waals surface area contributed by atoms with Crippen LogP contribution in [0.1, 0.15) is 50.1 Å². The number of pyridine rings is 2. The van der Waals surface area contributed by atoms with Gasteiger partial charge in [0, 0.05) is 62.9 Å². The number of carbonyl (C=O) groups excluding carboxylic acids is 4. The highest BCUT2D eigenvalue weighted by Crippen LogP contribution is 2.12. The van der Waals surface area contributed by atoms with Crippen LogP contribution in [0.2, 0.25) is 0 Å². The minimum absolute atomic E-state index is 0.00135. The van der Waals surface area contributed by atoms with Gasteiger partial charge in [-0.1, -0.05) is 31.2 Å². The summed E-state index contributed by atoms with van der Waals surface area (Å²) in [6.07, 6.45) is 3.94. The first-order valence-corrected chi connectivity index (χ1v) is 14.8. The van der Waals surface area contributed by atoms with Gasteiger partial charge in [0.15, 0.2) is 0 Å². The maximum atomic E-state index is 12.9. The minimum Gasteiger partial charge on any atom is -0.480 e. The number of anilines is 1. The number of Topliss-reactive ketones (excluding diaryl/α,β-unsaturated/α-hetero) is 1. The number of amides is 3. The average molecular weight is 617 g/mol. The molecule has 45 heavy (non-hydrogen) atoms. The number of aromatic nitrogens is 2. The van der Waals surface area contributed by atoms with Gasteiger partial charge in [0.05, 0.1) is 17.9 Å². The summed E-state index contributed by atoms with van der Waals surface area (Å²) in [4.78, 5) is 70.9. The number of carbonyl (C=O) groups is 5. The molecule has 0 aliphatic rings. The molecule has 12 nitrogen and oxygen atoms in total. The van der Waals surface area contributed by atoms with Crippen molar-refractivity contribution in [1.82, 2.24) is 25.5 Å². The smallest absolute Gasteiger partial charge is 0.325 e. The van der Waals surface area contributed by atoms with Crippen LogP contribution in [0, 0.1) is 5.92 Å². The first-order valence-electron chi connectivity index (χ1n) is 14.8. The summed E-state index contributed by atoms with van der Waals surface area (Å²) in [5.41, 5.74) is 3.33. The van der Waals surface area contributed by atoms with Crippen LogP contribution < -0.4 is 16.0 Å². The fraction of sp³-hybridized carbons (Fsp3) is 0.364. The predicted octanol–water partition coefficient (Wildman–Crippen LogP) is 2.74. The van der Waals surface area contributed by atoms with Gasteiger partial charge in [-0.15, -0.1) is 0 Å². The van der Waals surface area contributed by atoms with E-state index in [2.05, 4.69) is 25.9 Å². The molecule has 0 aliphatic carbocycles. The SMILES string of the molecule is C[C@@H](CC(=O)CCC(=O)NCCc1ccc(NC(=O)CN(Cc2ccccn2)Cc2ccccn2)cc1)C(=O)N[C@H](C)C(=O)O. The molecule has 2 aromatic heterocycles. The molecule has 2 heterocycles. The third-order valence-corrected chi connectivity index (χ3v) is 6.91. The predicted molar refractivity (Wildman–Crippen MR) is 168 cm³/mol. The van der Waals surface area contributed by atoms with Crippen LogP contribution in [0.3, 0.4) is 0 Å². The van der Waals surface area contributed by atoms with Crippen LogP contribution in [-0.2, 0) is 43.5 Å². The van der Waals surface area contributed by atoms with Gasteiger partial charge < -0.3 is 21.1 Å². The highest BCUT2D eigenvalue weighted by molar-refractivity contribution is 5.92. The lowest BCUT2D eigenvalue weighted by molar-refractivity contribution is -0.142. The van der Waals surface area contributed by atoms with Crippen molar-refractivity contribution in [2.75, 3.05) is 18.4 Å². The largest absolute Gasteiger partial charge is 0.480 e. The fourth-order valence-corrected chi connectivity index (χ4v) is 4.41. The molecule has 0 spiro atoms. The number of hydrogen-bond donors (Lipinski definition) is 4. The van der Waals surface area contributed by atoms with Gasteiger partial charge in [0.1, 0.15) is 11.8 Å². The lowest BCUT2D eigenvalue weighted by Crippen LogP contribution is -2.41. The van der Waals surface area contributed by atoms with E-state index in [0.29, 0.717) is 31.7 Å². The molecule has 0 unspecified atom stereocenters. The van der Waals surface area contributed by atoms with Crippen molar-refractivity contribution >= 4 is 35.2 Å². The van der Waals surface area contributed by atoms with Crippen molar-refractivity contribution in [2.45, 2.75) is 58.7 Å². The number of hydrogen-bond acceptors (Lipinski definition) is 8. The van der Waals surface area contributed by atoms with Crippen LogP contribution in [0.4, 0.5) is 5.69 Å². The van der Waals surface area contributed by atoms with E-state index in [-0.39, 0.29) is 43.4 Å². The summed E-state index contributed by atoms with van der Waals surface area (Å²) in [6, 6.07) is 17.7. The maximum Gasteiger partial charge on any atom is 0.325 e. The zero-order valence-electron chi connectivity index (χ0n) is 25.6. The molecule has 3 rings (SSSR count). The Kier molecular flexibility index (Phi) is 13.8. The average Bonchev–Trinajstić information content (AvgIpc) is 3.01. The van der Waals surface area contributed by atoms with Crippen LogP contribution >= 0.6 is 0 Å². The standard InChI is InChI=1S/C33H40N6O6/c1-23(32(43)37-24(2)33(44)45)19-29(40)13-14-30(41)36-18-15-25-9-11-26(12-10-25)38-31(42)22-39(20-27-7-3-5-16-34-27)21-28-8-4-6-17-35-28/h3-12,16-17,23-24H,13-15,18-22H2,1-2H3,(H,36,41)(H,37,43)(H,38,42)(H,44,45)/t23-,24+/m0/s1. The molecular formula is C33H40N6O6. The Morgan fingerprint density at radius 1 is 0.822 bits per heavy atom. The van der Waals surface area contributed by atoms with E-state index in [9.17, 15) is 24.0 Å². The lowest BCUT2D eigenvalue weighted by atomic mass is 10.0. The van der Waals surface area contributed by atoms with Crippen LogP contribution in [-0.4, -0.2) is 68.6 Å². The van der Waals surface area contributed by atoms with E-state index in [1.807, 2.05) is 65.6 Å². The van der Waals surface area contributed by atoms with Gasteiger partial charge >= 0.3 is 5.97 Å². The Hall–Kier alpha value is -4.97. The van der Waals surface area contributed by atoms with E-state index >= 15 is 0 Å². The van der Waals surface area contributed by atoms with Crippen LogP contribution in [0.5, 0.6) is 0 Å². The highest BCUT2D eigenvalue weighted by Gasteiger charge is 2.21. The lowest BCUT2D eigenvalue weighted by Gasteiger charge is -2.21. The van der Waals surface area contributed by atoms with Crippen molar-refractivity contribution < 1.29 is 29.1 Å². The van der Waals surface area contributed by atoms with Crippen molar-refractivity contribution in [2.24, 2.45) is 5.92 Å². The van der Waals surface area contributed by atoms with Gasteiger partial charge in [-0.2, -0.15) is 0 Å². The Morgan fingerprint density at radius 2 is 1.44 bits per heavy atom. The number of nitrogens with one attached hydrogen (secondary N) is 3. The van der Waals surface area contributed by atoms with Gasteiger partial charge in [0.2, 0.25) is 17.7 Å². The summed E-state index contributed by atoms with van der Waals surface area (Å²) in [7, 11) is 0. The second-order valence-corrected chi connectivity index (χ2v) is 10.8. The molecule has 12 heteroatoms. The third kappa shape index (κ3) is 13.1. The van der Waals surface area contributed by atoms with Gasteiger partial charge in [0.25, 0.3) is 0 Å². The number of carboxylic acid groups (broad SMARTS) is 1. The van der Waals surface area contributed by atoms with Crippen molar-refractivity contribution in [1.29, 1.82) is 0 Å². The molecule has 4 N–H and O–H groups in total. The second-order valence-electron chi connectivity index (χ2n) is 10.8. The zero-order valence-corrected chi connectivity index (χ0v) is 25.6. The zero-order chi connectivity index (χ0) is 32.6. The van der Waals surface area contributed by atoms with Gasteiger partial charge in [-0.25, -0.2) is 0 Å². The topological polar surface area (TPSA) is 171 Å². The Labute approximate surface area is 262 Å². The van der Waals surface area contributed by atoms with Crippen LogP contribution in [0.25, 0.3) is 0 Å². The third-order valence-electron chi connectivity index (χ3n) is 6.91. The summed E-state index contributed by atoms with van der Waals surface area (Å²) in [5, 5.41) is 16.9. The molecule has 1 aromatic carbocycles. The highest BCUT2D eigenvalue weighted by atomic mass is 16.4. The Bertz CT molecular complexity index is 1380. The molecule has 0 saturated heterocycles. The van der Waals surface area contributed by atoms with Crippen LogP contribution in [0.15, 0.2) is 73.1 Å². The van der Waals surface area contributed by atoms with E-state index < -0.39 is 23.8 Å². The van der Waals surface area contributed by atoms with Crippen molar-refractivity contribution in [3.05, 3.63) is 90.0 Å². The molecule has 0 aliphatic heterocycles. The Morgan fingerprint density at radius 3 is 2.00 bits per heavy atom. The minimum atomic E-state index is -1.16. The molecule has 0 fully saturated rings. The van der Waals surface area contributed by atoms with E-state index in [4.69, 9.17) is 5.11 Å². The monoisotopic (exact) mass is 616 g/mol. The number of benzene rings is 1.